The molecular formula is C13H16Cl2N2O. The molecule has 1 heterocycles. The largest absolute Gasteiger partial charge is 0.350 e. The van der Waals surface area contributed by atoms with Crippen molar-refractivity contribution in [2.75, 3.05) is 6.54 Å². The molecular weight excluding hydrogens is 271 g/mol. The summed E-state index contributed by atoms with van der Waals surface area (Å²) in [4.78, 5) is 15.8. The molecule has 0 aromatic carbocycles. The molecule has 1 aliphatic rings. The number of nitrogens with zero attached hydrogens (tertiary/aromatic N) is 1. The van der Waals surface area contributed by atoms with Gasteiger partial charge in [-0.15, -0.1) is 11.6 Å². The van der Waals surface area contributed by atoms with Crippen molar-refractivity contribution in [1.29, 1.82) is 0 Å². The molecule has 1 aromatic heterocycles. The summed E-state index contributed by atoms with van der Waals surface area (Å²) in [7, 11) is 0. The van der Waals surface area contributed by atoms with E-state index in [2.05, 4.69) is 10.3 Å². The van der Waals surface area contributed by atoms with Crippen LogP contribution in [0.3, 0.4) is 0 Å². The zero-order valence-corrected chi connectivity index (χ0v) is 11.5. The fourth-order valence-electron chi connectivity index (χ4n) is 2.16. The monoisotopic (exact) mass is 286 g/mol. The third-order valence-corrected chi connectivity index (χ3v) is 3.95. The molecule has 2 rings (SSSR count). The summed E-state index contributed by atoms with van der Waals surface area (Å²) in [6.07, 6.45) is 5.74. The van der Waals surface area contributed by atoms with Crippen LogP contribution < -0.4 is 5.32 Å². The van der Waals surface area contributed by atoms with Gasteiger partial charge in [-0.1, -0.05) is 11.6 Å². The summed E-state index contributed by atoms with van der Waals surface area (Å²) < 4.78 is 0. The lowest BCUT2D eigenvalue weighted by atomic mass is 9.89. The maximum Gasteiger partial charge on any atom is 0.269 e. The number of halogens is 2. The molecule has 1 saturated carbocycles. The minimum Gasteiger partial charge on any atom is -0.350 e. The molecule has 98 valence electrons. The Morgan fingerprint density at radius 3 is 2.67 bits per heavy atom. The summed E-state index contributed by atoms with van der Waals surface area (Å²) in [6, 6.07) is 3.30. The zero-order valence-electron chi connectivity index (χ0n) is 10.0. The Morgan fingerprint density at radius 2 is 2.06 bits per heavy atom. The zero-order chi connectivity index (χ0) is 13.0. The molecule has 1 fully saturated rings. The second kappa shape index (κ2) is 6.39. The summed E-state index contributed by atoms with van der Waals surface area (Å²) in [5.74, 6) is 0.399. The lowest BCUT2D eigenvalue weighted by molar-refractivity contribution is 0.0939. The van der Waals surface area contributed by atoms with Gasteiger partial charge in [-0.2, -0.15) is 0 Å². The molecule has 0 bridgehead atoms. The molecule has 0 saturated heterocycles. The number of nitrogens with one attached hydrogen (secondary N) is 1. The Hall–Kier alpha value is -0.800. The first-order valence-corrected chi connectivity index (χ1v) is 7.00. The second-order valence-corrected chi connectivity index (χ2v) is 5.74. The van der Waals surface area contributed by atoms with Crippen LogP contribution in [0.2, 0.25) is 5.02 Å². The SMILES string of the molecule is O=C(NCC1CCC(Cl)CC1)c1ccc(Cl)cn1. The molecule has 0 radical (unpaired) electrons. The molecule has 0 spiro atoms. The normalized spacial score (nSPS) is 23.7. The van der Waals surface area contributed by atoms with Gasteiger partial charge in [0, 0.05) is 18.1 Å². The van der Waals surface area contributed by atoms with E-state index in [1.54, 1.807) is 12.1 Å². The van der Waals surface area contributed by atoms with Gasteiger partial charge in [-0.05, 0) is 43.7 Å². The highest BCUT2D eigenvalue weighted by Crippen LogP contribution is 2.26. The van der Waals surface area contributed by atoms with E-state index in [-0.39, 0.29) is 5.91 Å². The van der Waals surface area contributed by atoms with E-state index >= 15 is 0 Å². The van der Waals surface area contributed by atoms with Crippen LogP contribution in [0.25, 0.3) is 0 Å². The summed E-state index contributed by atoms with van der Waals surface area (Å²) in [6.45, 7) is 0.701. The number of hydrogen-bond acceptors (Lipinski definition) is 2. The number of carbonyl (C=O) groups is 1. The standard InChI is InChI=1S/C13H16Cl2N2O/c14-10-3-1-9(2-4-10)7-17-13(18)12-6-5-11(15)8-16-12/h5-6,8-10H,1-4,7H2,(H,17,18). The van der Waals surface area contributed by atoms with Gasteiger partial charge in [-0.25, -0.2) is 4.98 Å². The van der Waals surface area contributed by atoms with Crippen LogP contribution in [0.1, 0.15) is 36.2 Å². The molecule has 3 nitrogen and oxygen atoms in total. The lowest BCUT2D eigenvalue weighted by Gasteiger charge is -2.24. The average molecular weight is 287 g/mol. The van der Waals surface area contributed by atoms with Crippen molar-refractivity contribution in [2.24, 2.45) is 5.92 Å². The van der Waals surface area contributed by atoms with E-state index in [0.717, 1.165) is 25.7 Å². The van der Waals surface area contributed by atoms with E-state index in [0.29, 0.717) is 28.6 Å². The molecule has 0 aliphatic heterocycles. The van der Waals surface area contributed by atoms with Gasteiger partial charge in [-0.3, -0.25) is 4.79 Å². The Labute approximate surface area is 117 Å². The average Bonchev–Trinajstić information content (AvgIpc) is 2.38. The Kier molecular flexibility index (Phi) is 4.84. The van der Waals surface area contributed by atoms with Crippen molar-refractivity contribution in [2.45, 2.75) is 31.1 Å². The number of hydrogen-bond donors (Lipinski definition) is 1. The number of aromatic nitrogens is 1. The maximum absolute atomic E-state index is 11.8. The minimum absolute atomic E-state index is 0.139. The van der Waals surface area contributed by atoms with Crippen molar-refractivity contribution < 1.29 is 4.79 Å². The number of rotatable bonds is 3. The summed E-state index contributed by atoms with van der Waals surface area (Å²) in [5, 5.41) is 3.76. The molecule has 18 heavy (non-hydrogen) atoms. The van der Waals surface area contributed by atoms with Crippen molar-refractivity contribution in [3.8, 4) is 0 Å². The highest BCUT2D eigenvalue weighted by molar-refractivity contribution is 6.30. The van der Waals surface area contributed by atoms with Gasteiger partial charge in [0.05, 0.1) is 5.02 Å². The highest BCUT2D eigenvalue weighted by Gasteiger charge is 2.20. The van der Waals surface area contributed by atoms with Crippen LogP contribution in [0.4, 0.5) is 0 Å². The Balaban J connectivity index is 1.79. The van der Waals surface area contributed by atoms with Crippen LogP contribution in [-0.2, 0) is 0 Å². The van der Waals surface area contributed by atoms with Gasteiger partial charge >= 0.3 is 0 Å². The van der Waals surface area contributed by atoms with Gasteiger partial charge < -0.3 is 5.32 Å². The Bertz CT molecular complexity index is 400. The van der Waals surface area contributed by atoms with E-state index in [9.17, 15) is 4.79 Å². The molecule has 0 atom stereocenters. The van der Waals surface area contributed by atoms with E-state index < -0.39 is 0 Å². The van der Waals surface area contributed by atoms with E-state index in [4.69, 9.17) is 23.2 Å². The summed E-state index contributed by atoms with van der Waals surface area (Å²) >= 11 is 11.8. The smallest absolute Gasteiger partial charge is 0.269 e. The molecule has 1 aromatic rings. The van der Waals surface area contributed by atoms with Crippen molar-refractivity contribution in [1.82, 2.24) is 10.3 Å². The first-order valence-electron chi connectivity index (χ1n) is 6.19. The number of pyridine rings is 1. The van der Waals surface area contributed by atoms with Gasteiger partial charge in [0.2, 0.25) is 0 Å². The highest BCUT2D eigenvalue weighted by atomic mass is 35.5. The number of alkyl halides is 1. The first-order chi connectivity index (χ1) is 8.65. The van der Waals surface area contributed by atoms with E-state index in [1.807, 2.05) is 0 Å². The second-order valence-electron chi connectivity index (χ2n) is 4.69. The third-order valence-electron chi connectivity index (χ3n) is 3.29. The molecule has 0 unspecified atom stereocenters. The van der Waals surface area contributed by atoms with Crippen LogP contribution >= 0.6 is 23.2 Å². The third kappa shape index (κ3) is 3.85. The molecule has 1 N–H and O–H groups in total. The fraction of sp³-hybridized carbons (Fsp3) is 0.538. The van der Waals surface area contributed by atoms with Crippen LogP contribution in [0.5, 0.6) is 0 Å². The summed E-state index contributed by atoms with van der Waals surface area (Å²) in [5.41, 5.74) is 0.408. The molecule has 1 amide bonds. The van der Waals surface area contributed by atoms with Crippen LogP contribution in [-0.4, -0.2) is 22.8 Å². The Morgan fingerprint density at radius 1 is 1.33 bits per heavy atom. The van der Waals surface area contributed by atoms with Crippen LogP contribution in [0, 0.1) is 5.92 Å². The van der Waals surface area contributed by atoms with Gasteiger partial charge in [0.1, 0.15) is 5.69 Å². The predicted octanol–water partition coefficient (Wildman–Crippen LogP) is 3.26. The van der Waals surface area contributed by atoms with E-state index in [1.165, 1.54) is 6.20 Å². The van der Waals surface area contributed by atoms with Crippen molar-refractivity contribution >= 4 is 29.1 Å². The quantitative estimate of drug-likeness (QED) is 0.867. The fourth-order valence-corrected chi connectivity index (χ4v) is 2.53. The predicted molar refractivity (Wildman–Crippen MR) is 73.2 cm³/mol. The maximum atomic E-state index is 11.8. The van der Waals surface area contributed by atoms with Gasteiger partial charge in [0.25, 0.3) is 5.91 Å². The van der Waals surface area contributed by atoms with Crippen LogP contribution in [0.15, 0.2) is 18.3 Å². The molecule has 1 aliphatic carbocycles. The topological polar surface area (TPSA) is 42.0 Å². The van der Waals surface area contributed by atoms with Gasteiger partial charge in [0.15, 0.2) is 0 Å². The minimum atomic E-state index is -0.139. The first kappa shape index (κ1) is 13.6. The lowest BCUT2D eigenvalue weighted by Crippen LogP contribution is -2.31. The van der Waals surface area contributed by atoms with Crippen molar-refractivity contribution in [3.63, 3.8) is 0 Å². The molecule has 5 heteroatoms. The number of carbonyl (C=O) groups excluding carboxylic acids is 1. The number of amides is 1. The van der Waals surface area contributed by atoms with Crippen molar-refractivity contribution in [3.05, 3.63) is 29.0 Å².